The van der Waals surface area contributed by atoms with Gasteiger partial charge in [0.1, 0.15) is 11.6 Å². The Morgan fingerprint density at radius 1 is 1.16 bits per heavy atom. The highest BCUT2D eigenvalue weighted by Crippen LogP contribution is 2.21. The van der Waals surface area contributed by atoms with E-state index in [0.717, 1.165) is 29.9 Å². The molecule has 1 rings (SSSR count). The number of aromatic nitrogens is 2. The minimum absolute atomic E-state index is 0.833. The molecular weight excluding hydrogens is 256 g/mol. The van der Waals surface area contributed by atoms with E-state index in [0.29, 0.717) is 0 Å². The maximum Gasteiger partial charge on any atom is 0.191 e. The van der Waals surface area contributed by atoms with E-state index in [-0.39, 0.29) is 0 Å². The lowest BCUT2D eigenvalue weighted by Gasteiger charge is -2.24. The molecule has 0 unspecified atom stereocenters. The van der Waals surface area contributed by atoms with E-state index in [1.54, 1.807) is 11.8 Å². The van der Waals surface area contributed by atoms with Crippen LogP contribution in [-0.4, -0.2) is 36.4 Å². The zero-order chi connectivity index (χ0) is 14.1. The smallest absolute Gasteiger partial charge is 0.191 e. The van der Waals surface area contributed by atoms with E-state index in [2.05, 4.69) is 34.0 Å². The van der Waals surface area contributed by atoms with Crippen LogP contribution in [0.25, 0.3) is 0 Å². The molecule has 0 radical (unpaired) electrons. The molecule has 19 heavy (non-hydrogen) atoms. The molecule has 5 heteroatoms. The van der Waals surface area contributed by atoms with Crippen molar-refractivity contribution in [3.63, 3.8) is 0 Å². The van der Waals surface area contributed by atoms with Crippen LogP contribution in [0.3, 0.4) is 0 Å². The number of hydrogen-bond acceptors (Lipinski definition) is 5. The number of nitrogens with one attached hydrogen (secondary N) is 1. The van der Waals surface area contributed by atoms with Crippen LogP contribution in [0, 0.1) is 0 Å². The highest BCUT2D eigenvalue weighted by atomic mass is 32.2. The van der Waals surface area contributed by atoms with Crippen LogP contribution in [0.2, 0.25) is 0 Å². The molecule has 0 aliphatic carbocycles. The van der Waals surface area contributed by atoms with Gasteiger partial charge in [0.15, 0.2) is 5.16 Å². The fourth-order valence-electron chi connectivity index (χ4n) is 1.83. The van der Waals surface area contributed by atoms with Crippen LogP contribution in [0.1, 0.15) is 39.5 Å². The first-order chi connectivity index (χ1) is 9.24. The molecule has 0 aliphatic rings. The first-order valence-electron chi connectivity index (χ1n) is 7.10. The van der Waals surface area contributed by atoms with Crippen LogP contribution >= 0.6 is 11.8 Å². The molecule has 1 heterocycles. The molecule has 4 nitrogen and oxygen atoms in total. The third-order valence-corrected chi connectivity index (χ3v) is 3.57. The van der Waals surface area contributed by atoms with Gasteiger partial charge >= 0.3 is 0 Å². The highest BCUT2D eigenvalue weighted by molar-refractivity contribution is 7.98. The molecule has 0 aliphatic heterocycles. The van der Waals surface area contributed by atoms with Gasteiger partial charge in [-0.3, -0.25) is 0 Å². The summed E-state index contributed by atoms with van der Waals surface area (Å²) in [5, 5.41) is 3.95. The summed E-state index contributed by atoms with van der Waals surface area (Å²) >= 11 is 1.59. The Labute approximate surface area is 121 Å². The van der Waals surface area contributed by atoms with Crippen LogP contribution in [0.15, 0.2) is 11.2 Å². The highest BCUT2D eigenvalue weighted by Gasteiger charge is 2.10. The maximum atomic E-state index is 4.64. The van der Waals surface area contributed by atoms with Gasteiger partial charge < -0.3 is 10.2 Å². The van der Waals surface area contributed by atoms with Crippen molar-refractivity contribution in [1.82, 2.24) is 9.97 Å². The number of thioether (sulfide) groups is 1. The zero-order valence-corrected chi connectivity index (χ0v) is 13.4. The lowest BCUT2D eigenvalue weighted by Crippen LogP contribution is -2.27. The monoisotopic (exact) mass is 282 g/mol. The van der Waals surface area contributed by atoms with Crippen LogP contribution < -0.4 is 10.2 Å². The molecule has 1 N–H and O–H groups in total. The van der Waals surface area contributed by atoms with Crippen molar-refractivity contribution in [3.05, 3.63) is 6.07 Å². The molecule has 1 aromatic heterocycles. The van der Waals surface area contributed by atoms with E-state index >= 15 is 0 Å². The Kier molecular flexibility index (Phi) is 7.63. The lowest BCUT2D eigenvalue weighted by molar-refractivity contribution is 0.667. The molecule has 0 aromatic carbocycles. The van der Waals surface area contributed by atoms with Crippen molar-refractivity contribution in [2.75, 3.05) is 36.6 Å². The molecule has 0 bridgehead atoms. The molecule has 108 valence electrons. The van der Waals surface area contributed by atoms with Gasteiger partial charge in [0.05, 0.1) is 0 Å². The van der Waals surface area contributed by atoms with E-state index in [4.69, 9.17) is 0 Å². The molecule has 0 saturated heterocycles. The Bertz CT molecular complexity index is 340. The lowest BCUT2D eigenvalue weighted by atomic mass is 10.2. The van der Waals surface area contributed by atoms with Gasteiger partial charge in [0.25, 0.3) is 0 Å². The quantitative estimate of drug-likeness (QED) is 0.553. The van der Waals surface area contributed by atoms with Crippen molar-refractivity contribution >= 4 is 23.4 Å². The summed E-state index contributed by atoms with van der Waals surface area (Å²) in [6, 6.07) is 2.05. The van der Waals surface area contributed by atoms with Gasteiger partial charge in [-0.05, 0) is 19.1 Å². The number of unbranched alkanes of at least 4 members (excludes halogenated alkanes) is 2. The summed E-state index contributed by atoms with van der Waals surface area (Å²) in [5.41, 5.74) is 0. The van der Waals surface area contributed by atoms with Gasteiger partial charge in [0.2, 0.25) is 0 Å². The van der Waals surface area contributed by atoms with Gasteiger partial charge in [0, 0.05) is 26.2 Å². The largest absolute Gasteiger partial charge is 0.373 e. The third-order valence-electron chi connectivity index (χ3n) is 3.02. The average Bonchev–Trinajstić information content (AvgIpc) is 2.46. The van der Waals surface area contributed by atoms with E-state index in [1.165, 1.54) is 25.7 Å². The predicted molar refractivity (Wildman–Crippen MR) is 85.4 cm³/mol. The molecule has 0 spiro atoms. The summed E-state index contributed by atoms with van der Waals surface area (Å²) < 4.78 is 0. The first kappa shape index (κ1) is 16.1. The minimum Gasteiger partial charge on any atom is -0.373 e. The van der Waals surface area contributed by atoms with Crippen molar-refractivity contribution in [2.24, 2.45) is 0 Å². The fraction of sp³-hybridized carbons (Fsp3) is 0.714. The summed E-state index contributed by atoms with van der Waals surface area (Å²) in [6.07, 6.45) is 6.85. The zero-order valence-electron chi connectivity index (χ0n) is 12.6. The second-order valence-electron chi connectivity index (χ2n) is 4.54. The Hall–Kier alpha value is -0.970. The van der Waals surface area contributed by atoms with Gasteiger partial charge in [-0.15, -0.1) is 0 Å². The molecule has 0 saturated carbocycles. The standard InChI is InChI=1S/C14H26N4S/c1-5-7-9-18(10-8-6-2)13-11-12(15-3)16-14(17-13)19-4/h11H,5-10H2,1-4H3,(H,15,16,17). The van der Waals surface area contributed by atoms with Crippen molar-refractivity contribution in [3.8, 4) is 0 Å². The molecule has 0 amide bonds. The molecule has 0 fully saturated rings. The van der Waals surface area contributed by atoms with Gasteiger partial charge in [-0.25, -0.2) is 9.97 Å². The maximum absolute atomic E-state index is 4.64. The minimum atomic E-state index is 0.833. The summed E-state index contributed by atoms with van der Waals surface area (Å²) in [4.78, 5) is 11.5. The van der Waals surface area contributed by atoms with Crippen molar-refractivity contribution < 1.29 is 0 Å². The van der Waals surface area contributed by atoms with E-state index in [9.17, 15) is 0 Å². The number of rotatable bonds is 9. The topological polar surface area (TPSA) is 41.0 Å². The van der Waals surface area contributed by atoms with Crippen LogP contribution in [0.4, 0.5) is 11.6 Å². The summed E-state index contributed by atoms with van der Waals surface area (Å²) in [7, 11) is 1.90. The second-order valence-corrected chi connectivity index (χ2v) is 5.32. The summed E-state index contributed by atoms with van der Waals surface area (Å²) in [5.74, 6) is 1.94. The first-order valence-corrected chi connectivity index (χ1v) is 8.33. The SMILES string of the molecule is CCCCN(CCCC)c1cc(NC)nc(SC)n1. The third kappa shape index (κ3) is 5.27. The van der Waals surface area contributed by atoms with E-state index in [1.807, 2.05) is 19.4 Å². The van der Waals surface area contributed by atoms with E-state index < -0.39 is 0 Å². The predicted octanol–water partition coefficient (Wildman–Crippen LogP) is 3.65. The average molecular weight is 282 g/mol. The molecule has 1 aromatic rings. The number of nitrogens with zero attached hydrogens (tertiary/aromatic N) is 3. The van der Waals surface area contributed by atoms with Crippen molar-refractivity contribution in [1.29, 1.82) is 0 Å². The molecular formula is C14H26N4S. The normalized spacial score (nSPS) is 10.5. The van der Waals surface area contributed by atoms with Crippen LogP contribution in [-0.2, 0) is 0 Å². The van der Waals surface area contributed by atoms with Gasteiger partial charge in [-0.1, -0.05) is 38.5 Å². The Morgan fingerprint density at radius 3 is 2.26 bits per heavy atom. The van der Waals surface area contributed by atoms with Crippen LogP contribution in [0.5, 0.6) is 0 Å². The van der Waals surface area contributed by atoms with Crippen molar-refractivity contribution in [2.45, 2.75) is 44.7 Å². The Morgan fingerprint density at radius 2 is 1.79 bits per heavy atom. The Balaban J connectivity index is 2.91. The molecule has 0 atom stereocenters. The summed E-state index contributed by atoms with van der Waals surface area (Å²) in [6.45, 7) is 6.60. The second kappa shape index (κ2) is 9.02. The number of hydrogen-bond donors (Lipinski definition) is 1. The fourth-order valence-corrected chi connectivity index (χ4v) is 2.21. The van der Waals surface area contributed by atoms with Gasteiger partial charge in [-0.2, -0.15) is 0 Å². The number of anilines is 2.